The fraction of sp³-hybridized carbons (Fsp3) is 0.436. The summed E-state index contributed by atoms with van der Waals surface area (Å²) in [6, 6.07) is 26.9. The van der Waals surface area contributed by atoms with Crippen molar-refractivity contribution in [2.75, 3.05) is 20.3 Å². The average Bonchev–Trinajstić information content (AvgIpc) is 3.14. The van der Waals surface area contributed by atoms with E-state index in [9.17, 15) is 24.1 Å². The minimum Gasteiger partial charge on any atom is -0.480 e. The lowest BCUT2D eigenvalue weighted by molar-refractivity contribution is -0.141. The summed E-state index contributed by atoms with van der Waals surface area (Å²) >= 11 is 0. The first-order chi connectivity index (χ1) is 25.8. The van der Waals surface area contributed by atoms with Gasteiger partial charge < -0.3 is 34.7 Å². The van der Waals surface area contributed by atoms with Crippen molar-refractivity contribution in [1.29, 1.82) is 0 Å². The number of nitrogens with zero attached hydrogens (tertiary/aromatic N) is 2. The van der Waals surface area contributed by atoms with Gasteiger partial charge in [0.25, 0.3) is 0 Å². The quantitative estimate of drug-likeness (QED) is 0.0270. The number of benzene rings is 3. The zero-order valence-electron chi connectivity index (χ0n) is 31.4. The molecule has 0 saturated carbocycles. The molecule has 0 aromatic heterocycles. The van der Waals surface area contributed by atoms with Crippen LogP contribution >= 0.6 is 7.75 Å². The maximum Gasteiger partial charge on any atom is 0.510 e. The SMILES string of the molecule is CC(C)C(OC(=O)OCCCc1ccccc1)OP(=O)(N=C(N)N(C)C(Cc1ccccc1)C(=O)O)OC(OC(=O)OCCCc1ccccc1)C(C)C. The van der Waals surface area contributed by atoms with Gasteiger partial charge >= 0.3 is 26.0 Å². The number of hydrogen-bond donors (Lipinski definition) is 2. The Morgan fingerprint density at radius 1 is 0.704 bits per heavy atom. The molecule has 0 radical (unpaired) electrons. The summed E-state index contributed by atoms with van der Waals surface area (Å²) in [7, 11) is -3.54. The van der Waals surface area contributed by atoms with Crippen LogP contribution in [0.2, 0.25) is 0 Å². The van der Waals surface area contributed by atoms with E-state index >= 15 is 0 Å². The number of aryl methyl sites for hydroxylation is 2. The summed E-state index contributed by atoms with van der Waals surface area (Å²) in [4.78, 5) is 38.9. The predicted molar refractivity (Wildman–Crippen MR) is 202 cm³/mol. The van der Waals surface area contributed by atoms with Crippen LogP contribution in [0.1, 0.15) is 57.2 Å². The van der Waals surface area contributed by atoms with Gasteiger partial charge in [0.1, 0.15) is 6.04 Å². The summed E-state index contributed by atoms with van der Waals surface area (Å²) in [6.45, 7) is 6.58. The van der Waals surface area contributed by atoms with Gasteiger partial charge in [-0.1, -0.05) is 119 Å². The number of carboxylic acid groups (broad SMARTS) is 1. The molecule has 3 rings (SSSR count). The van der Waals surface area contributed by atoms with Crippen molar-refractivity contribution < 1.29 is 52.1 Å². The average molecular weight is 770 g/mol. The summed E-state index contributed by atoms with van der Waals surface area (Å²) in [5, 5.41) is 10.1. The van der Waals surface area contributed by atoms with Crippen LogP contribution in [0.25, 0.3) is 0 Å². The molecular formula is C39H52N3O11P. The first kappa shape index (κ1) is 43.5. The molecule has 15 heteroatoms. The zero-order valence-corrected chi connectivity index (χ0v) is 32.3. The van der Waals surface area contributed by atoms with Crippen molar-refractivity contribution in [3.05, 3.63) is 108 Å². The second kappa shape index (κ2) is 22.3. The fourth-order valence-electron chi connectivity index (χ4n) is 4.89. The second-order valence-corrected chi connectivity index (χ2v) is 14.7. The predicted octanol–water partition coefficient (Wildman–Crippen LogP) is 7.61. The van der Waals surface area contributed by atoms with E-state index in [-0.39, 0.29) is 19.6 Å². The first-order valence-corrected chi connectivity index (χ1v) is 19.3. The number of likely N-dealkylation sites (N-methyl/N-ethyl adjacent to an activating group) is 1. The number of guanidine groups is 1. The van der Waals surface area contributed by atoms with E-state index < -0.39 is 62.4 Å². The Labute approximate surface area is 317 Å². The molecule has 0 aliphatic carbocycles. The number of nitrogens with two attached hydrogens (primary N) is 1. The van der Waals surface area contributed by atoms with Crippen LogP contribution in [0.4, 0.5) is 9.59 Å². The van der Waals surface area contributed by atoms with Crippen molar-refractivity contribution in [2.45, 2.75) is 78.4 Å². The van der Waals surface area contributed by atoms with Gasteiger partial charge in [-0.25, -0.2) is 28.0 Å². The Morgan fingerprint density at radius 2 is 1.09 bits per heavy atom. The number of carbonyl (C=O) groups is 3. The Hall–Kier alpha value is -4.91. The minimum atomic E-state index is -4.89. The molecule has 3 aromatic carbocycles. The van der Waals surface area contributed by atoms with E-state index in [2.05, 4.69) is 4.76 Å². The van der Waals surface area contributed by atoms with Crippen molar-refractivity contribution in [3.63, 3.8) is 0 Å². The Balaban J connectivity index is 1.79. The molecule has 0 bridgehead atoms. The summed E-state index contributed by atoms with van der Waals surface area (Å²) < 4.78 is 51.4. The smallest absolute Gasteiger partial charge is 0.480 e. The summed E-state index contributed by atoms with van der Waals surface area (Å²) in [6.07, 6.45) is -2.88. The van der Waals surface area contributed by atoms with Gasteiger partial charge in [0, 0.05) is 25.3 Å². The maximum atomic E-state index is 14.6. The zero-order chi connectivity index (χ0) is 39.5. The third-order valence-corrected chi connectivity index (χ3v) is 9.34. The van der Waals surface area contributed by atoms with Crippen LogP contribution in [-0.4, -0.2) is 73.1 Å². The molecule has 0 heterocycles. The molecule has 3 unspecified atom stereocenters. The highest BCUT2D eigenvalue weighted by Crippen LogP contribution is 2.54. The van der Waals surface area contributed by atoms with Gasteiger partial charge in [-0.2, -0.15) is 0 Å². The molecule has 3 aromatic rings. The highest BCUT2D eigenvalue weighted by molar-refractivity contribution is 7.52. The summed E-state index contributed by atoms with van der Waals surface area (Å²) in [5.41, 5.74) is 9.12. The molecule has 0 fully saturated rings. The molecule has 14 nitrogen and oxygen atoms in total. The van der Waals surface area contributed by atoms with E-state index in [1.54, 1.807) is 58.0 Å². The largest absolute Gasteiger partial charge is 0.510 e. The van der Waals surface area contributed by atoms with Crippen LogP contribution in [0, 0.1) is 11.8 Å². The van der Waals surface area contributed by atoms with Gasteiger partial charge in [-0.05, 0) is 42.4 Å². The van der Waals surface area contributed by atoms with E-state index in [0.717, 1.165) is 16.0 Å². The molecular weight excluding hydrogens is 717 g/mol. The Morgan fingerprint density at radius 3 is 1.46 bits per heavy atom. The van der Waals surface area contributed by atoms with E-state index in [1.807, 2.05) is 60.7 Å². The van der Waals surface area contributed by atoms with Crippen molar-refractivity contribution >= 4 is 32.0 Å². The standard InChI is InChI=1S/C39H52N3O11P/c1-28(2)35(50-38(45)48-25-15-23-30-17-9-6-10-18-30)52-54(47,41-37(40)42(5)33(34(43)44)27-32-21-13-8-14-22-32)53-36(29(3)4)51-39(46)49-26-16-24-31-19-11-7-12-20-31/h6-14,17-22,28-29,33,35-36H,15-16,23-27H2,1-5H3,(H,43,44)(H2,40,41,47). The highest BCUT2D eigenvalue weighted by Gasteiger charge is 2.40. The van der Waals surface area contributed by atoms with Crippen LogP contribution in [-0.2, 0) is 56.6 Å². The first-order valence-electron chi connectivity index (χ1n) is 17.8. The lowest BCUT2D eigenvalue weighted by atomic mass is 10.1. The highest BCUT2D eigenvalue weighted by atomic mass is 31.2. The van der Waals surface area contributed by atoms with Crippen molar-refractivity contribution in [1.82, 2.24) is 4.90 Å². The molecule has 0 aliphatic rings. The van der Waals surface area contributed by atoms with Gasteiger partial charge in [-0.15, -0.1) is 4.76 Å². The molecule has 0 saturated heterocycles. The topological polar surface area (TPSA) is 186 Å². The molecule has 294 valence electrons. The number of carbonyl (C=O) groups excluding carboxylic acids is 2. The van der Waals surface area contributed by atoms with E-state index in [0.29, 0.717) is 31.2 Å². The molecule has 54 heavy (non-hydrogen) atoms. The lowest BCUT2D eigenvalue weighted by Gasteiger charge is -2.30. The van der Waals surface area contributed by atoms with Crippen molar-refractivity contribution in [3.8, 4) is 0 Å². The lowest BCUT2D eigenvalue weighted by Crippen LogP contribution is -2.47. The molecule has 0 aliphatic heterocycles. The maximum absolute atomic E-state index is 14.6. The van der Waals surface area contributed by atoms with E-state index in [4.69, 9.17) is 33.7 Å². The minimum absolute atomic E-state index is 0.0244. The molecule has 3 N–H and O–H groups in total. The number of carboxylic acids is 1. The number of hydrogen-bond acceptors (Lipinski definition) is 10. The monoisotopic (exact) mass is 769 g/mol. The van der Waals surface area contributed by atoms with Gasteiger partial charge in [0.2, 0.25) is 18.5 Å². The van der Waals surface area contributed by atoms with Crippen LogP contribution in [0.5, 0.6) is 0 Å². The van der Waals surface area contributed by atoms with Gasteiger partial charge in [0.15, 0.2) is 0 Å². The van der Waals surface area contributed by atoms with Crippen molar-refractivity contribution in [2.24, 2.45) is 22.3 Å². The number of rotatable bonds is 21. The fourth-order valence-corrected chi connectivity index (χ4v) is 6.52. The third kappa shape index (κ3) is 15.6. The number of aliphatic carboxylic acids is 1. The van der Waals surface area contributed by atoms with E-state index in [1.165, 1.54) is 7.05 Å². The third-order valence-electron chi connectivity index (χ3n) is 7.94. The molecule has 3 atom stereocenters. The summed E-state index contributed by atoms with van der Waals surface area (Å²) in [5.74, 6) is -3.00. The Kier molecular flexibility index (Phi) is 18.0. The second-order valence-electron chi connectivity index (χ2n) is 13.1. The Bertz CT molecular complexity index is 1580. The van der Waals surface area contributed by atoms with Gasteiger partial charge in [0.05, 0.1) is 13.2 Å². The normalized spacial score (nSPS) is 14.4. The molecule has 0 spiro atoms. The van der Waals surface area contributed by atoms with Gasteiger partial charge in [-0.3, -0.25) is 0 Å². The van der Waals surface area contributed by atoms with Crippen LogP contribution < -0.4 is 5.73 Å². The number of ether oxygens (including phenoxy) is 4. The van der Waals surface area contributed by atoms with Crippen LogP contribution in [0.3, 0.4) is 0 Å². The van der Waals surface area contributed by atoms with Crippen LogP contribution in [0.15, 0.2) is 95.8 Å². The molecule has 0 amide bonds.